The zero-order valence-corrected chi connectivity index (χ0v) is 8.88. The standard InChI is InChI=1S/C11H13NO4/c1-11(9(13)14)4-2-3-7-5-12(10(15)16)6-8(7)11/h2-4,8H,5-6H2,1H3,(H,13,14)(H,15,16). The van der Waals surface area contributed by atoms with Crippen LogP contribution < -0.4 is 0 Å². The second-order valence-electron chi connectivity index (χ2n) is 4.40. The van der Waals surface area contributed by atoms with Gasteiger partial charge in [-0.05, 0) is 12.5 Å². The first-order valence-corrected chi connectivity index (χ1v) is 5.04. The molecule has 1 aliphatic heterocycles. The first-order valence-electron chi connectivity index (χ1n) is 5.04. The lowest BCUT2D eigenvalue weighted by molar-refractivity contribution is -0.147. The first-order chi connectivity index (χ1) is 7.45. The molecule has 1 aliphatic carbocycles. The summed E-state index contributed by atoms with van der Waals surface area (Å²) in [7, 11) is 0. The quantitative estimate of drug-likeness (QED) is 0.699. The number of hydrogen-bond acceptors (Lipinski definition) is 2. The molecule has 1 saturated heterocycles. The molecule has 2 unspecified atom stereocenters. The third-order valence-electron chi connectivity index (χ3n) is 3.43. The van der Waals surface area contributed by atoms with Crippen molar-refractivity contribution in [3.05, 3.63) is 23.8 Å². The van der Waals surface area contributed by atoms with E-state index < -0.39 is 17.5 Å². The van der Waals surface area contributed by atoms with Gasteiger partial charge in [0.05, 0.1) is 5.41 Å². The molecule has 5 nitrogen and oxygen atoms in total. The van der Waals surface area contributed by atoms with Gasteiger partial charge in [-0.15, -0.1) is 0 Å². The molecule has 1 amide bonds. The summed E-state index contributed by atoms with van der Waals surface area (Å²) in [6.07, 6.45) is 4.15. The molecule has 5 heteroatoms. The lowest BCUT2D eigenvalue weighted by Crippen LogP contribution is -2.38. The van der Waals surface area contributed by atoms with Crippen LogP contribution in [0.4, 0.5) is 4.79 Å². The van der Waals surface area contributed by atoms with Gasteiger partial charge in [-0.25, -0.2) is 4.79 Å². The number of hydrogen-bond donors (Lipinski definition) is 2. The zero-order chi connectivity index (χ0) is 11.9. The van der Waals surface area contributed by atoms with E-state index in [0.717, 1.165) is 5.57 Å². The molecule has 16 heavy (non-hydrogen) atoms. The maximum absolute atomic E-state index is 11.3. The van der Waals surface area contributed by atoms with Gasteiger partial charge >= 0.3 is 12.1 Å². The van der Waals surface area contributed by atoms with Crippen molar-refractivity contribution in [2.24, 2.45) is 11.3 Å². The van der Waals surface area contributed by atoms with E-state index in [9.17, 15) is 14.7 Å². The Morgan fingerprint density at radius 3 is 2.75 bits per heavy atom. The van der Waals surface area contributed by atoms with Crippen molar-refractivity contribution in [1.29, 1.82) is 0 Å². The second-order valence-corrected chi connectivity index (χ2v) is 4.40. The van der Waals surface area contributed by atoms with E-state index in [1.807, 2.05) is 6.08 Å². The number of fused-ring (bicyclic) bond motifs is 1. The van der Waals surface area contributed by atoms with Crippen molar-refractivity contribution in [2.45, 2.75) is 6.92 Å². The molecule has 2 aliphatic rings. The van der Waals surface area contributed by atoms with Gasteiger partial charge in [-0.3, -0.25) is 4.79 Å². The Kier molecular flexibility index (Phi) is 2.26. The summed E-state index contributed by atoms with van der Waals surface area (Å²) in [6, 6.07) is 0. The Balaban J connectivity index is 2.31. The molecular formula is C11H13NO4. The van der Waals surface area contributed by atoms with Gasteiger partial charge in [0.2, 0.25) is 0 Å². The summed E-state index contributed by atoms with van der Waals surface area (Å²) < 4.78 is 0. The van der Waals surface area contributed by atoms with Crippen LogP contribution in [0.3, 0.4) is 0 Å². The normalized spacial score (nSPS) is 32.2. The van der Waals surface area contributed by atoms with Crippen LogP contribution in [0.15, 0.2) is 23.8 Å². The van der Waals surface area contributed by atoms with Crippen LogP contribution in [0, 0.1) is 11.3 Å². The monoisotopic (exact) mass is 223 g/mol. The van der Waals surface area contributed by atoms with E-state index in [-0.39, 0.29) is 12.5 Å². The summed E-state index contributed by atoms with van der Waals surface area (Å²) in [5, 5.41) is 18.1. The fraction of sp³-hybridized carbons (Fsp3) is 0.455. The molecule has 0 spiro atoms. The van der Waals surface area contributed by atoms with Gasteiger partial charge in [-0.2, -0.15) is 0 Å². The maximum atomic E-state index is 11.3. The molecule has 2 rings (SSSR count). The second kappa shape index (κ2) is 3.37. The number of aliphatic carboxylic acids is 1. The van der Waals surface area contributed by atoms with Gasteiger partial charge < -0.3 is 15.1 Å². The van der Waals surface area contributed by atoms with E-state index in [4.69, 9.17) is 5.11 Å². The minimum Gasteiger partial charge on any atom is -0.481 e. The minimum absolute atomic E-state index is 0.244. The van der Waals surface area contributed by atoms with E-state index in [1.54, 1.807) is 19.1 Å². The van der Waals surface area contributed by atoms with E-state index >= 15 is 0 Å². The lowest BCUT2D eigenvalue weighted by Gasteiger charge is -2.30. The Hall–Kier alpha value is -1.78. The molecule has 0 aromatic rings. The van der Waals surface area contributed by atoms with E-state index in [0.29, 0.717) is 6.54 Å². The molecular weight excluding hydrogens is 210 g/mol. The molecule has 1 heterocycles. The maximum Gasteiger partial charge on any atom is 0.407 e. The average Bonchev–Trinajstić information content (AvgIpc) is 2.63. The van der Waals surface area contributed by atoms with Gasteiger partial charge in [0.1, 0.15) is 0 Å². The van der Waals surface area contributed by atoms with Crippen molar-refractivity contribution in [3.63, 3.8) is 0 Å². The highest BCUT2D eigenvalue weighted by atomic mass is 16.4. The van der Waals surface area contributed by atoms with Crippen molar-refractivity contribution >= 4 is 12.1 Å². The van der Waals surface area contributed by atoms with Crippen LogP contribution in [-0.2, 0) is 4.79 Å². The smallest absolute Gasteiger partial charge is 0.407 e. The summed E-state index contributed by atoms with van der Waals surface area (Å²) in [6.45, 7) is 2.20. The Bertz CT molecular complexity index is 412. The van der Waals surface area contributed by atoms with Crippen molar-refractivity contribution in [2.75, 3.05) is 13.1 Å². The number of likely N-dealkylation sites (tertiary alicyclic amines) is 1. The lowest BCUT2D eigenvalue weighted by atomic mass is 9.72. The highest BCUT2D eigenvalue weighted by molar-refractivity contribution is 5.79. The summed E-state index contributed by atoms with van der Waals surface area (Å²) in [5.74, 6) is -1.15. The molecule has 0 bridgehead atoms. The highest BCUT2D eigenvalue weighted by Crippen LogP contribution is 2.42. The van der Waals surface area contributed by atoms with Crippen LogP contribution in [0.25, 0.3) is 0 Å². The van der Waals surface area contributed by atoms with E-state index in [2.05, 4.69) is 0 Å². The molecule has 2 atom stereocenters. The Morgan fingerprint density at radius 2 is 2.19 bits per heavy atom. The molecule has 0 aromatic carbocycles. The fourth-order valence-corrected chi connectivity index (χ4v) is 2.33. The highest BCUT2D eigenvalue weighted by Gasteiger charge is 2.47. The van der Waals surface area contributed by atoms with Gasteiger partial charge in [0, 0.05) is 19.0 Å². The van der Waals surface area contributed by atoms with Crippen LogP contribution in [0.5, 0.6) is 0 Å². The molecule has 2 N–H and O–H groups in total. The molecule has 86 valence electrons. The topological polar surface area (TPSA) is 77.8 Å². The fourth-order valence-electron chi connectivity index (χ4n) is 2.33. The van der Waals surface area contributed by atoms with Crippen LogP contribution in [-0.4, -0.2) is 40.3 Å². The number of nitrogens with zero attached hydrogens (tertiary/aromatic N) is 1. The number of amides is 1. The van der Waals surface area contributed by atoms with Crippen LogP contribution in [0.1, 0.15) is 6.92 Å². The SMILES string of the molecule is CC1(C(=O)O)C=CC=C2CN(C(=O)O)CC21. The van der Waals surface area contributed by atoms with Crippen LogP contribution >= 0.6 is 0 Å². The third kappa shape index (κ3) is 1.39. The van der Waals surface area contributed by atoms with Gasteiger partial charge in [0.15, 0.2) is 0 Å². The van der Waals surface area contributed by atoms with Gasteiger partial charge in [0.25, 0.3) is 0 Å². The van der Waals surface area contributed by atoms with E-state index in [1.165, 1.54) is 4.90 Å². The summed E-state index contributed by atoms with van der Waals surface area (Å²) >= 11 is 0. The molecule has 0 aromatic heterocycles. The predicted molar refractivity (Wildman–Crippen MR) is 56.1 cm³/mol. The number of carbonyl (C=O) groups is 2. The zero-order valence-electron chi connectivity index (χ0n) is 8.88. The summed E-state index contributed by atoms with van der Waals surface area (Å²) in [4.78, 5) is 23.4. The average molecular weight is 223 g/mol. The largest absolute Gasteiger partial charge is 0.481 e. The van der Waals surface area contributed by atoms with Crippen molar-refractivity contribution in [1.82, 2.24) is 4.90 Å². The number of rotatable bonds is 1. The van der Waals surface area contributed by atoms with Gasteiger partial charge in [-0.1, -0.05) is 18.2 Å². The Labute approximate surface area is 92.7 Å². The molecule has 0 radical (unpaired) electrons. The number of allylic oxidation sites excluding steroid dienone is 2. The first kappa shape index (κ1) is 10.7. The number of carboxylic acid groups (broad SMARTS) is 2. The Morgan fingerprint density at radius 1 is 1.50 bits per heavy atom. The number of carboxylic acids is 1. The van der Waals surface area contributed by atoms with Crippen molar-refractivity contribution in [3.8, 4) is 0 Å². The van der Waals surface area contributed by atoms with Crippen LogP contribution in [0.2, 0.25) is 0 Å². The minimum atomic E-state index is -0.997. The third-order valence-corrected chi connectivity index (χ3v) is 3.43. The molecule has 1 fully saturated rings. The predicted octanol–water partition coefficient (Wildman–Crippen LogP) is 1.18. The van der Waals surface area contributed by atoms with Crippen molar-refractivity contribution < 1.29 is 19.8 Å². The summed E-state index contributed by atoms with van der Waals surface area (Å²) in [5.41, 5.74) is -0.108. The molecule has 0 saturated carbocycles.